The number of alkyl halides is 3. The smallest absolute Gasteiger partial charge is 0.406 e. The van der Waals surface area contributed by atoms with E-state index in [0.717, 1.165) is 16.7 Å². The zero-order valence-corrected chi connectivity index (χ0v) is 9.50. The second-order valence-electron chi connectivity index (χ2n) is 3.21. The lowest BCUT2D eigenvalue weighted by Gasteiger charge is -2.09. The van der Waals surface area contributed by atoms with E-state index in [0.29, 0.717) is 5.69 Å². The lowest BCUT2D eigenvalue weighted by Crippen LogP contribution is -2.17. The molecule has 1 aromatic heterocycles. The molecule has 0 atom stereocenters. The first-order valence-corrected chi connectivity index (χ1v) is 5.04. The highest BCUT2D eigenvalue weighted by Gasteiger charge is 2.31. The number of halogens is 3. The average Bonchev–Trinajstić information content (AvgIpc) is 2.58. The number of rotatable bonds is 2. The molecule has 2 aromatic rings. The normalized spacial score (nSPS) is 11.6. The van der Waals surface area contributed by atoms with Gasteiger partial charge in [0.1, 0.15) is 5.75 Å². The van der Waals surface area contributed by atoms with Gasteiger partial charge in [0.15, 0.2) is 5.16 Å². The van der Waals surface area contributed by atoms with Gasteiger partial charge in [-0.3, -0.25) is 0 Å². The molecule has 9 heteroatoms. The Morgan fingerprint density at radius 2 is 1.89 bits per heavy atom. The summed E-state index contributed by atoms with van der Waals surface area (Å²) in [5.74, 6) is -0.372. The van der Waals surface area contributed by atoms with Crippen LogP contribution in [0.15, 0.2) is 34.2 Å². The van der Waals surface area contributed by atoms with Crippen LogP contribution in [0.25, 0.3) is 5.69 Å². The van der Waals surface area contributed by atoms with Gasteiger partial charge in [0.25, 0.3) is 0 Å². The number of hydrogen-bond donors (Lipinski definition) is 2. The van der Waals surface area contributed by atoms with Gasteiger partial charge in [-0.1, -0.05) is 0 Å². The first kappa shape index (κ1) is 12.6. The second kappa shape index (κ2) is 4.41. The maximum Gasteiger partial charge on any atom is 0.573 e. The van der Waals surface area contributed by atoms with Gasteiger partial charge in [0, 0.05) is 0 Å². The molecule has 2 rings (SSSR count). The van der Waals surface area contributed by atoms with Gasteiger partial charge in [-0.25, -0.2) is 14.5 Å². The van der Waals surface area contributed by atoms with Crippen LogP contribution in [0.2, 0.25) is 0 Å². The van der Waals surface area contributed by atoms with Crippen LogP contribution >= 0.6 is 12.6 Å². The molecule has 0 aliphatic heterocycles. The van der Waals surface area contributed by atoms with Crippen molar-refractivity contribution in [2.24, 2.45) is 0 Å². The van der Waals surface area contributed by atoms with Crippen molar-refractivity contribution >= 4 is 12.6 Å². The van der Waals surface area contributed by atoms with Gasteiger partial charge >= 0.3 is 12.1 Å². The topological polar surface area (TPSA) is 59.9 Å². The molecular formula is C9H6F3N3O2S. The highest BCUT2D eigenvalue weighted by atomic mass is 32.1. The van der Waals surface area contributed by atoms with Gasteiger partial charge in [-0.2, -0.15) is 0 Å². The Hall–Kier alpha value is -1.90. The first-order valence-electron chi connectivity index (χ1n) is 4.59. The lowest BCUT2D eigenvalue weighted by atomic mass is 10.3. The molecule has 1 N–H and O–H groups in total. The fraction of sp³-hybridized carbons (Fsp3) is 0.111. The molecule has 0 amide bonds. The zero-order valence-electron chi connectivity index (χ0n) is 8.60. The Balaban J connectivity index is 2.31. The largest absolute Gasteiger partial charge is 0.573 e. The van der Waals surface area contributed by atoms with Crippen molar-refractivity contribution < 1.29 is 17.9 Å². The van der Waals surface area contributed by atoms with Crippen LogP contribution in [0.5, 0.6) is 5.75 Å². The molecule has 0 spiro atoms. The highest BCUT2D eigenvalue weighted by Crippen LogP contribution is 2.23. The van der Waals surface area contributed by atoms with Crippen molar-refractivity contribution in [1.29, 1.82) is 0 Å². The molecule has 0 saturated heterocycles. The molecule has 0 aliphatic rings. The lowest BCUT2D eigenvalue weighted by molar-refractivity contribution is -0.274. The van der Waals surface area contributed by atoms with E-state index >= 15 is 0 Å². The second-order valence-corrected chi connectivity index (χ2v) is 3.61. The minimum absolute atomic E-state index is 0.101. The minimum Gasteiger partial charge on any atom is -0.406 e. The summed E-state index contributed by atoms with van der Waals surface area (Å²) in [5.41, 5.74) is -0.210. The fourth-order valence-corrected chi connectivity index (χ4v) is 1.57. The number of nitrogens with zero attached hydrogens (tertiary/aromatic N) is 2. The number of benzene rings is 1. The van der Waals surface area contributed by atoms with Crippen molar-refractivity contribution in [3.05, 3.63) is 34.7 Å². The van der Waals surface area contributed by atoms with E-state index in [2.05, 4.69) is 27.6 Å². The van der Waals surface area contributed by atoms with E-state index in [1.165, 1.54) is 12.1 Å². The predicted molar refractivity (Wildman–Crippen MR) is 58.1 cm³/mol. The van der Waals surface area contributed by atoms with Crippen molar-refractivity contribution in [1.82, 2.24) is 14.8 Å². The van der Waals surface area contributed by atoms with Gasteiger partial charge in [-0.05, 0) is 24.3 Å². The molecule has 0 fully saturated rings. The summed E-state index contributed by atoms with van der Waals surface area (Å²) in [5, 5.41) is 5.81. The summed E-state index contributed by atoms with van der Waals surface area (Å²) in [4.78, 5) is 11.3. The molecule has 0 radical (unpaired) electrons. The Morgan fingerprint density at radius 3 is 2.33 bits per heavy atom. The van der Waals surface area contributed by atoms with Crippen LogP contribution in [0.3, 0.4) is 0 Å². The molecule has 96 valence electrons. The van der Waals surface area contributed by atoms with E-state index in [-0.39, 0.29) is 10.9 Å². The van der Waals surface area contributed by atoms with Gasteiger partial charge in [-0.15, -0.1) is 30.9 Å². The molecule has 0 aliphatic carbocycles. The molecule has 5 nitrogen and oxygen atoms in total. The van der Waals surface area contributed by atoms with Crippen LogP contribution in [-0.2, 0) is 0 Å². The Labute approximate surface area is 104 Å². The SMILES string of the molecule is O=c1[nH]nc(S)n1-c1ccc(OC(F)(F)F)cc1. The van der Waals surface area contributed by atoms with E-state index < -0.39 is 12.1 Å². The molecule has 0 saturated carbocycles. The quantitative estimate of drug-likeness (QED) is 0.822. The number of H-pyrrole nitrogens is 1. The van der Waals surface area contributed by atoms with Crippen molar-refractivity contribution in [2.75, 3.05) is 0 Å². The number of thiol groups is 1. The standard InChI is InChI=1S/C9H6F3N3O2S/c10-9(11,12)17-6-3-1-5(2-4-6)15-7(16)13-14-8(15)18/h1-4H,(H,13,16)(H,14,18). The van der Waals surface area contributed by atoms with E-state index in [4.69, 9.17) is 0 Å². The summed E-state index contributed by atoms with van der Waals surface area (Å²) in [6, 6.07) is 4.76. The number of hydrogen-bond acceptors (Lipinski definition) is 4. The molecular weight excluding hydrogens is 271 g/mol. The van der Waals surface area contributed by atoms with Gasteiger partial charge < -0.3 is 4.74 Å². The van der Waals surface area contributed by atoms with Crippen molar-refractivity contribution in [3.63, 3.8) is 0 Å². The molecule has 1 aromatic carbocycles. The monoisotopic (exact) mass is 277 g/mol. The Morgan fingerprint density at radius 1 is 1.28 bits per heavy atom. The maximum atomic E-state index is 11.9. The molecule has 1 heterocycles. The molecule has 18 heavy (non-hydrogen) atoms. The number of ether oxygens (including phenoxy) is 1. The highest BCUT2D eigenvalue weighted by molar-refractivity contribution is 7.80. The third-order valence-corrected chi connectivity index (χ3v) is 2.28. The van der Waals surface area contributed by atoms with Crippen LogP contribution in [0.1, 0.15) is 0 Å². The average molecular weight is 277 g/mol. The minimum atomic E-state index is -4.75. The fourth-order valence-electron chi connectivity index (χ4n) is 1.32. The molecule has 0 unspecified atom stereocenters. The van der Waals surface area contributed by atoms with Crippen molar-refractivity contribution in [2.45, 2.75) is 11.5 Å². The van der Waals surface area contributed by atoms with Crippen LogP contribution in [0.4, 0.5) is 13.2 Å². The number of aromatic nitrogens is 3. The predicted octanol–water partition coefficient (Wildman–Crippen LogP) is 1.75. The van der Waals surface area contributed by atoms with Crippen molar-refractivity contribution in [3.8, 4) is 11.4 Å². The Bertz CT molecular complexity index is 603. The van der Waals surface area contributed by atoms with Gasteiger partial charge in [0.2, 0.25) is 0 Å². The van der Waals surface area contributed by atoms with E-state index in [1.807, 2.05) is 0 Å². The van der Waals surface area contributed by atoms with Crippen LogP contribution < -0.4 is 10.4 Å². The zero-order chi connectivity index (χ0) is 13.3. The maximum absolute atomic E-state index is 11.9. The van der Waals surface area contributed by atoms with Crippen LogP contribution in [-0.4, -0.2) is 21.1 Å². The van der Waals surface area contributed by atoms with E-state index in [9.17, 15) is 18.0 Å². The molecule has 0 bridgehead atoms. The number of aromatic amines is 1. The van der Waals surface area contributed by atoms with Crippen LogP contribution in [0, 0.1) is 0 Å². The summed E-state index contributed by atoms with van der Waals surface area (Å²) < 4.78 is 40.6. The Kier molecular flexibility index (Phi) is 3.07. The third-order valence-electron chi connectivity index (χ3n) is 1.98. The summed E-state index contributed by atoms with van der Waals surface area (Å²) >= 11 is 3.93. The summed E-state index contributed by atoms with van der Waals surface area (Å²) in [7, 11) is 0. The van der Waals surface area contributed by atoms with Gasteiger partial charge in [0.05, 0.1) is 5.69 Å². The summed E-state index contributed by atoms with van der Waals surface area (Å²) in [6.45, 7) is 0. The summed E-state index contributed by atoms with van der Waals surface area (Å²) in [6.07, 6.45) is -4.75. The number of nitrogens with one attached hydrogen (secondary N) is 1. The van der Waals surface area contributed by atoms with E-state index in [1.54, 1.807) is 0 Å². The third kappa shape index (κ3) is 2.67. The first-order chi connectivity index (χ1) is 8.37.